The molecule has 0 fully saturated rings. The molecule has 0 aliphatic carbocycles. The zero-order chi connectivity index (χ0) is 29.8. The minimum absolute atomic E-state index is 0.361. The molecule has 7 nitrogen and oxygen atoms in total. The summed E-state index contributed by atoms with van der Waals surface area (Å²) in [5.74, 6) is 1.04. The van der Waals surface area contributed by atoms with Gasteiger partial charge in [-0.2, -0.15) is 4.68 Å². The number of hydrogen-bond donors (Lipinski definition) is 0. The summed E-state index contributed by atoms with van der Waals surface area (Å²) >= 11 is 0. The summed E-state index contributed by atoms with van der Waals surface area (Å²) in [6.45, 7) is 0. The van der Waals surface area contributed by atoms with E-state index in [2.05, 4.69) is 93.3 Å². The van der Waals surface area contributed by atoms with E-state index in [1.807, 2.05) is 77.5 Å². The fraction of sp³-hybridized carbons (Fsp3) is 0.0541. The zero-order valence-corrected chi connectivity index (χ0v) is 23.8. The second-order valence-corrected chi connectivity index (χ2v) is 10.5. The van der Waals surface area contributed by atoms with Crippen molar-refractivity contribution in [3.8, 4) is 17.1 Å². The number of rotatable bonds is 9. The average Bonchev–Trinajstić information content (AvgIpc) is 3.74. The van der Waals surface area contributed by atoms with Crippen molar-refractivity contribution >= 4 is 6.29 Å². The molecule has 7 aromatic rings. The molecule has 7 heteroatoms. The Kier molecular flexibility index (Phi) is 7.18. The number of aromatic nitrogens is 6. The highest BCUT2D eigenvalue weighted by Crippen LogP contribution is 2.41. The molecule has 2 heterocycles. The topological polar surface area (TPSA) is 78.5 Å². The number of hydrogen-bond acceptors (Lipinski definition) is 5. The summed E-state index contributed by atoms with van der Waals surface area (Å²) in [6, 6.07) is 49.2. The van der Waals surface area contributed by atoms with Crippen molar-refractivity contribution in [2.45, 2.75) is 12.0 Å². The molecule has 0 aliphatic rings. The van der Waals surface area contributed by atoms with Gasteiger partial charge in [-0.3, -0.25) is 9.36 Å². The van der Waals surface area contributed by atoms with Crippen LogP contribution in [0.1, 0.15) is 38.6 Å². The van der Waals surface area contributed by atoms with Crippen LogP contribution in [0.5, 0.6) is 0 Å². The van der Waals surface area contributed by atoms with E-state index in [1.54, 1.807) is 10.8 Å². The third kappa shape index (κ3) is 4.70. The van der Waals surface area contributed by atoms with Crippen LogP contribution in [0.25, 0.3) is 17.1 Å². The molecule has 0 bridgehead atoms. The molecule has 0 aliphatic heterocycles. The Labute approximate surface area is 255 Å². The van der Waals surface area contributed by atoms with Gasteiger partial charge < -0.3 is 0 Å². The van der Waals surface area contributed by atoms with Crippen LogP contribution in [0.4, 0.5) is 0 Å². The van der Waals surface area contributed by atoms with Gasteiger partial charge in [0.2, 0.25) is 0 Å². The summed E-state index contributed by atoms with van der Waals surface area (Å²) in [5, 5.41) is 13.4. The maximum atomic E-state index is 12.4. The quantitative estimate of drug-likeness (QED) is 0.141. The predicted octanol–water partition coefficient (Wildman–Crippen LogP) is 6.77. The average molecular weight is 573 g/mol. The van der Waals surface area contributed by atoms with Crippen molar-refractivity contribution in [1.82, 2.24) is 29.8 Å². The van der Waals surface area contributed by atoms with Crippen molar-refractivity contribution in [1.29, 1.82) is 0 Å². The monoisotopic (exact) mass is 572 g/mol. The molecule has 7 rings (SSSR count). The van der Waals surface area contributed by atoms with Gasteiger partial charge in [0, 0.05) is 6.42 Å². The van der Waals surface area contributed by atoms with Crippen LogP contribution in [0.3, 0.4) is 0 Å². The summed E-state index contributed by atoms with van der Waals surface area (Å²) in [5.41, 5.74) is 5.65. The maximum absolute atomic E-state index is 12.4. The molecule has 0 saturated heterocycles. The van der Waals surface area contributed by atoms with Gasteiger partial charge in [0.25, 0.3) is 5.95 Å². The number of tetrazole rings is 1. The van der Waals surface area contributed by atoms with Crippen molar-refractivity contribution < 1.29 is 4.79 Å². The molecule has 0 spiro atoms. The van der Waals surface area contributed by atoms with E-state index in [0.29, 0.717) is 23.9 Å². The molecular formula is C37H28N6O. The minimum Gasteiger partial charge on any atom is -0.296 e. The maximum Gasteiger partial charge on any atom is 0.257 e. The largest absolute Gasteiger partial charge is 0.296 e. The number of imidazole rings is 1. The van der Waals surface area contributed by atoms with Crippen LogP contribution in [0, 0.1) is 0 Å². The SMILES string of the molecule is O=Cc1cnc(Cc2ccc(-c3ccccc3)cc2)n1-c1nnnn1C(c1ccccc1)(c1ccccc1)c1ccccc1. The number of nitrogens with zero attached hydrogens (tertiary/aromatic N) is 6. The van der Waals surface area contributed by atoms with E-state index in [-0.39, 0.29) is 0 Å². The summed E-state index contributed by atoms with van der Waals surface area (Å²) < 4.78 is 3.57. The Morgan fingerprint density at radius 3 is 1.64 bits per heavy atom. The molecule has 44 heavy (non-hydrogen) atoms. The van der Waals surface area contributed by atoms with Gasteiger partial charge in [0.05, 0.1) is 6.20 Å². The van der Waals surface area contributed by atoms with Crippen LogP contribution in [0.15, 0.2) is 152 Å². The van der Waals surface area contributed by atoms with Crippen LogP contribution >= 0.6 is 0 Å². The van der Waals surface area contributed by atoms with Gasteiger partial charge in [0.1, 0.15) is 17.1 Å². The number of benzene rings is 5. The Bertz CT molecular complexity index is 1890. The molecular weight excluding hydrogens is 544 g/mol. The highest BCUT2D eigenvalue weighted by Gasteiger charge is 2.42. The third-order valence-corrected chi connectivity index (χ3v) is 7.95. The molecule has 0 amide bonds. The number of carbonyl (C=O) groups is 1. The standard InChI is InChI=1S/C37H28N6O/c44-27-34-26-38-35(25-28-21-23-30(24-22-28)29-13-5-1-6-14-29)42(34)36-39-40-41-43(36)37(31-15-7-2-8-16-31,32-17-9-3-10-18-32)33-19-11-4-12-20-33/h1-24,26-27H,25H2. The summed E-state index contributed by atoms with van der Waals surface area (Å²) in [7, 11) is 0. The van der Waals surface area contributed by atoms with Gasteiger partial charge in [-0.1, -0.05) is 151 Å². The molecule has 2 aromatic heterocycles. The third-order valence-electron chi connectivity index (χ3n) is 7.95. The summed E-state index contributed by atoms with van der Waals surface area (Å²) in [6.07, 6.45) is 2.85. The fourth-order valence-electron chi connectivity index (χ4n) is 5.92. The van der Waals surface area contributed by atoms with Crippen LogP contribution in [-0.4, -0.2) is 36.0 Å². The smallest absolute Gasteiger partial charge is 0.257 e. The fourth-order valence-corrected chi connectivity index (χ4v) is 5.92. The van der Waals surface area contributed by atoms with Gasteiger partial charge in [-0.25, -0.2) is 4.98 Å². The van der Waals surface area contributed by atoms with Gasteiger partial charge in [-0.05, 0) is 43.8 Å². The van der Waals surface area contributed by atoms with Crippen LogP contribution in [0.2, 0.25) is 0 Å². The van der Waals surface area contributed by atoms with E-state index in [0.717, 1.165) is 39.7 Å². The Morgan fingerprint density at radius 1 is 0.614 bits per heavy atom. The van der Waals surface area contributed by atoms with Crippen molar-refractivity contribution in [2.75, 3.05) is 0 Å². The zero-order valence-electron chi connectivity index (χ0n) is 23.8. The highest BCUT2D eigenvalue weighted by atomic mass is 16.1. The van der Waals surface area contributed by atoms with Crippen molar-refractivity contribution in [3.05, 3.63) is 186 Å². The first kappa shape index (κ1) is 26.9. The summed E-state index contributed by atoms with van der Waals surface area (Å²) in [4.78, 5) is 17.1. The molecule has 0 radical (unpaired) electrons. The lowest BCUT2D eigenvalue weighted by atomic mass is 9.77. The van der Waals surface area contributed by atoms with E-state index in [1.165, 1.54) is 0 Å². The molecule has 0 atom stereocenters. The van der Waals surface area contributed by atoms with E-state index in [9.17, 15) is 4.79 Å². The second kappa shape index (κ2) is 11.7. The molecule has 0 unspecified atom stereocenters. The lowest BCUT2D eigenvalue weighted by molar-refractivity contribution is 0.111. The molecule has 0 saturated carbocycles. The van der Waals surface area contributed by atoms with E-state index in [4.69, 9.17) is 0 Å². The number of aldehydes is 1. The first-order valence-electron chi connectivity index (χ1n) is 14.4. The normalized spacial score (nSPS) is 11.4. The van der Waals surface area contributed by atoms with E-state index < -0.39 is 5.54 Å². The van der Waals surface area contributed by atoms with Crippen LogP contribution < -0.4 is 0 Å². The van der Waals surface area contributed by atoms with Crippen molar-refractivity contribution in [2.24, 2.45) is 0 Å². The highest BCUT2D eigenvalue weighted by molar-refractivity contribution is 5.73. The Hall–Kier alpha value is -5.95. The first-order chi connectivity index (χ1) is 21.8. The lowest BCUT2D eigenvalue weighted by Gasteiger charge is -2.36. The molecule has 212 valence electrons. The Balaban J connectivity index is 1.40. The van der Waals surface area contributed by atoms with Gasteiger partial charge >= 0.3 is 0 Å². The lowest BCUT2D eigenvalue weighted by Crippen LogP contribution is -2.40. The number of carbonyl (C=O) groups excluding carboxylic acids is 1. The Morgan fingerprint density at radius 2 is 1.11 bits per heavy atom. The van der Waals surface area contributed by atoms with Gasteiger partial charge in [0.15, 0.2) is 6.29 Å². The second-order valence-electron chi connectivity index (χ2n) is 10.5. The predicted molar refractivity (Wildman–Crippen MR) is 170 cm³/mol. The van der Waals surface area contributed by atoms with E-state index >= 15 is 0 Å². The van der Waals surface area contributed by atoms with Gasteiger partial charge in [-0.15, -0.1) is 0 Å². The minimum atomic E-state index is -0.957. The molecule has 0 N–H and O–H groups in total. The van der Waals surface area contributed by atoms with Crippen molar-refractivity contribution in [3.63, 3.8) is 0 Å². The first-order valence-corrected chi connectivity index (χ1v) is 14.4. The molecule has 5 aromatic carbocycles. The van der Waals surface area contributed by atoms with Crippen LogP contribution in [-0.2, 0) is 12.0 Å².